The van der Waals surface area contributed by atoms with Gasteiger partial charge in [-0.2, -0.15) is 5.26 Å². The minimum absolute atomic E-state index is 0.0947. The van der Waals surface area contributed by atoms with Crippen LogP contribution in [0.4, 0.5) is 15.8 Å². The van der Waals surface area contributed by atoms with Crippen molar-refractivity contribution in [3.63, 3.8) is 0 Å². The minimum Gasteiger partial charge on any atom is -0.368 e. The number of nitriles is 1. The molecule has 1 fully saturated rings. The van der Waals surface area contributed by atoms with Crippen molar-refractivity contribution in [2.75, 3.05) is 36.0 Å². The third-order valence-corrected chi connectivity index (χ3v) is 4.44. The normalized spacial score (nSPS) is 14.8. The Balaban J connectivity index is 1.68. The third kappa shape index (κ3) is 3.07. The van der Waals surface area contributed by atoms with Gasteiger partial charge in [-0.3, -0.25) is 0 Å². The fourth-order valence-electron chi connectivity index (χ4n) is 2.67. The monoisotopic (exact) mass is 359 g/mol. The average molecular weight is 360 g/mol. The maximum atomic E-state index is 13.7. The smallest absolute Gasteiger partial charge is 0.143 e. The molecule has 0 spiro atoms. The molecule has 5 heteroatoms. The van der Waals surface area contributed by atoms with Crippen LogP contribution in [0, 0.1) is 17.1 Å². The van der Waals surface area contributed by atoms with Gasteiger partial charge in [-0.05, 0) is 42.5 Å². The molecule has 0 bridgehead atoms. The molecule has 0 unspecified atom stereocenters. The van der Waals surface area contributed by atoms with Crippen LogP contribution in [0.1, 0.15) is 5.56 Å². The highest BCUT2D eigenvalue weighted by Crippen LogP contribution is 2.23. The Kier molecular flexibility index (Phi) is 4.30. The highest BCUT2D eigenvalue weighted by molar-refractivity contribution is 9.10. The summed E-state index contributed by atoms with van der Waals surface area (Å²) in [4.78, 5) is 4.47. The van der Waals surface area contributed by atoms with Crippen LogP contribution in [-0.4, -0.2) is 26.2 Å². The molecule has 1 saturated heterocycles. The number of hydrogen-bond donors (Lipinski definition) is 0. The predicted octanol–water partition coefficient (Wildman–Crippen LogP) is 3.79. The number of piperazine rings is 1. The number of benzene rings is 2. The molecule has 0 atom stereocenters. The Morgan fingerprint density at radius 1 is 0.909 bits per heavy atom. The third-order valence-electron chi connectivity index (χ3n) is 3.91. The molecular weight excluding hydrogens is 345 g/mol. The van der Waals surface area contributed by atoms with E-state index in [1.165, 1.54) is 11.8 Å². The van der Waals surface area contributed by atoms with Gasteiger partial charge in [0.25, 0.3) is 0 Å². The molecule has 3 rings (SSSR count). The fraction of sp³-hybridized carbons (Fsp3) is 0.235. The first kappa shape index (κ1) is 14.9. The van der Waals surface area contributed by atoms with Gasteiger partial charge in [0.2, 0.25) is 0 Å². The topological polar surface area (TPSA) is 30.3 Å². The molecule has 2 aromatic carbocycles. The van der Waals surface area contributed by atoms with Crippen molar-refractivity contribution in [2.45, 2.75) is 0 Å². The Hall–Kier alpha value is -2.06. The van der Waals surface area contributed by atoms with E-state index in [2.05, 4.69) is 37.9 Å². The first-order valence-electron chi connectivity index (χ1n) is 7.12. The minimum atomic E-state index is -0.449. The van der Waals surface area contributed by atoms with Crippen LogP contribution in [-0.2, 0) is 0 Å². The SMILES string of the molecule is N#Cc1ccc(N2CCN(c3ccc(Br)cc3)CC2)cc1F. The molecule has 0 N–H and O–H groups in total. The van der Waals surface area contributed by atoms with Gasteiger partial charge in [-0.15, -0.1) is 0 Å². The zero-order valence-corrected chi connectivity index (χ0v) is 13.6. The maximum Gasteiger partial charge on any atom is 0.143 e. The van der Waals surface area contributed by atoms with Crippen molar-refractivity contribution >= 4 is 27.3 Å². The van der Waals surface area contributed by atoms with E-state index in [-0.39, 0.29) is 5.56 Å². The van der Waals surface area contributed by atoms with Crippen molar-refractivity contribution in [3.05, 3.63) is 58.3 Å². The van der Waals surface area contributed by atoms with Crippen molar-refractivity contribution in [3.8, 4) is 6.07 Å². The van der Waals surface area contributed by atoms with E-state index in [4.69, 9.17) is 5.26 Å². The van der Waals surface area contributed by atoms with E-state index < -0.39 is 5.82 Å². The molecule has 0 saturated carbocycles. The second-order valence-electron chi connectivity index (χ2n) is 5.23. The lowest BCUT2D eigenvalue weighted by Gasteiger charge is -2.37. The Labute approximate surface area is 137 Å². The second-order valence-corrected chi connectivity index (χ2v) is 6.14. The van der Waals surface area contributed by atoms with Crippen LogP contribution in [0.5, 0.6) is 0 Å². The van der Waals surface area contributed by atoms with Crippen molar-refractivity contribution in [1.82, 2.24) is 0 Å². The van der Waals surface area contributed by atoms with Crippen LogP contribution in [0.25, 0.3) is 0 Å². The summed E-state index contributed by atoms with van der Waals surface area (Å²) in [6.45, 7) is 3.45. The number of hydrogen-bond acceptors (Lipinski definition) is 3. The van der Waals surface area contributed by atoms with Gasteiger partial charge < -0.3 is 9.80 Å². The van der Waals surface area contributed by atoms with E-state index in [9.17, 15) is 4.39 Å². The summed E-state index contributed by atoms with van der Waals surface area (Å²) in [7, 11) is 0. The highest BCUT2D eigenvalue weighted by Gasteiger charge is 2.18. The maximum absolute atomic E-state index is 13.7. The lowest BCUT2D eigenvalue weighted by Crippen LogP contribution is -2.46. The van der Waals surface area contributed by atoms with Gasteiger partial charge in [0.15, 0.2) is 0 Å². The van der Waals surface area contributed by atoms with Crippen LogP contribution < -0.4 is 9.80 Å². The van der Waals surface area contributed by atoms with E-state index in [1.54, 1.807) is 6.07 Å². The lowest BCUT2D eigenvalue weighted by molar-refractivity contribution is 0.617. The zero-order chi connectivity index (χ0) is 15.5. The van der Waals surface area contributed by atoms with Gasteiger partial charge in [0.1, 0.15) is 11.9 Å². The Bertz CT molecular complexity index is 701. The molecule has 1 aliphatic rings. The molecule has 22 heavy (non-hydrogen) atoms. The Morgan fingerprint density at radius 2 is 1.45 bits per heavy atom. The summed E-state index contributed by atoms with van der Waals surface area (Å²) >= 11 is 3.44. The van der Waals surface area contributed by atoms with E-state index >= 15 is 0 Å². The largest absolute Gasteiger partial charge is 0.368 e. The summed E-state index contributed by atoms with van der Waals surface area (Å²) in [5.74, 6) is -0.449. The first-order valence-corrected chi connectivity index (χ1v) is 7.92. The van der Waals surface area contributed by atoms with Crippen molar-refractivity contribution in [1.29, 1.82) is 5.26 Å². The van der Waals surface area contributed by atoms with Crippen LogP contribution in [0.15, 0.2) is 46.9 Å². The summed E-state index contributed by atoms with van der Waals surface area (Å²) in [6, 6.07) is 14.9. The molecule has 1 aliphatic heterocycles. The van der Waals surface area contributed by atoms with Gasteiger partial charge in [-0.1, -0.05) is 15.9 Å². The van der Waals surface area contributed by atoms with Crippen LogP contribution >= 0.6 is 15.9 Å². The molecule has 1 heterocycles. The summed E-state index contributed by atoms with van der Waals surface area (Å²) in [5, 5.41) is 8.79. The molecule has 3 nitrogen and oxygen atoms in total. The molecular formula is C17H15BrFN3. The average Bonchev–Trinajstić information content (AvgIpc) is 2.56. The van der Waals surface area contributed by atoms with E-state index in [0.29, 0.717) is 0 Å². The first-order chi connectivity index (χ1) is 10.7. The molecule has 112 valence electrons. The summed E-state index contributed by atoms with van der Waals surface area (Å²) in [5.41, 5.74) is 2.14. The fourth-order valence-corrected chi connectivity index (χ4v) is 2.93. The number of halogens is 2. The molecule has 2 aromatic rings. The standard InChI is InChI=1S/C17H15BrFN3/c18-14-2-5-15(6-3-14)21-7-9-22(10-8-21)16-4-1-13(12-20)17(19)11-16/h1-6,11H,7-10H2. The van der Waals surface area contributed by atoms with Crippen LogP contribution in [0.3, 0.4) is 0 Å². The van der Waals surface area contributed by atoms with E-state index in [1.807, 2.05) is 24.3 Å². The number of nitrogens with zero attached hydrogens (tertiary/aromatic N) is 3. The highest BCUT2D eigenvalue weighted by atomic mass is 79.9. The number of anilines is 2. The summed E-state index contributed by atoms with van der Waals surface area (Å²) in [6.07, 6.45) is 0. The summed E-state index contributed by atoms with van der Waals surface area (Å²) < 4.78 is 14.8. The lowest BCUT2D eigenvalue weighted by atomic mass is 10.1. The quantitative estimate of drug-likeness (QED) is 0.817. The molecule has 0 aromatic heterocycles. The molecule has 0 aliphatic carbocycles. The zero-order valence-electron chi connectivity index (χ0n) is 12.0. The van der Waals surface area contributed by atoms with Gasteiger partial charge in [-0.25, -0.2) is 4.39 Å². The van der Waals surface area contributed by atoms with Gasteiger partial charge in [0, 0.05) is 42.0 Å². The van der Waals surface area contributed by atoms with Gasteiger partial charge >= 0.3 is 0 Å². The van der Waals surface area contributed by atoms with Crippen LogP contribution in [0.2, 0.25) is 0 Å². The van der Waals surface area contributed by atoms with Gasteiger partial charge in [0.05, 0.1) is 5.56 Å². The predicted molar refractivity (Wildman–Crippen MR) is 89.7 cm³/mol. The molecule has 0 amide bonds. The Morgan fingerprint density at radius 3 is 2.00 bits per heavy atom. The second kappa shape index (κ2) is 6.37. The van der Waals surface area contributed by atoms with Crippen molar-refractivity contribution in [2.24, 2.45) is 0 Å². The van der Waals surface area contributed by atoms with E-state index in [0.717, 1.165) is 36.3 Å². The molecule has 0 radical (unpaired) electrons. The number of rotatable bonds is 2. The van der Waals surface area contributed by atoms with Crippen molar-refractivity contribution < 1.29 is 4.39 Å².